The van der Waals surface area contributed by atoms with Crippen molar-refractivity contribution in [2.24, 2.45) is 0 Å². The summed E-state index contributed by atoms with van der Waals surface area (Å²) in [6.07, 6.45) is 3.98. The first-order valence-corrected chi connectivity index (χ1v) is 11.0. The molecule has 3 aromatic rings. The van der Waals surface area contributed by atoms with Gasteiger partial charge in [-0.25, -0.2) is 8.42 Å². The van der Waals surface area contributed by atoms with Crippen LogP contribution in [0.25, 0.3) is 0 Å². The molecule has 8 heteroatoms. The average Bonchev–Trinajstić information content (AvgIpc) is 2.78. The van der Waals surface area contributed by atoms with Gasteiger partial charge in [0, 0.05) is 12.4 Å². The topological polar surface area (TPSA) is 85.8 Å². The maximum absolute atomic E-state index is 12.6. The lowest BCUT2D eigenvalue weighted by molar-refractivity contribution is -0.109. The molecule has 0 N–H and O–H groups in total. The third-order valence-electron chi connectivity index (χ3n) is 4.25. The lowest BCUT2D eigenvalue weighted by atomic mass is 10.2. The minimum atomic E-state index is -3.47. The van der Waals surface area contributed by atoms with Crippen molar-refractivity contribution >= 4 is 22.0 Å². The molecule has 0 aliphatic rings. The quantitative estimate of drug-likeness (QED) is 0.458. The van der Waals surface area contributed by atoms with Gasteiger partial charge in [0.2, 0.25) is 10.0 Å². The molecule has 0 spiro atoms. The second-order valence-corrected chi connectivity index (χ2v) is 8.50. The number of rotatable bonds is 10. The molecule has 0 unspecified atom stereocenters. The average molecular weight is 426 g/mol. The number of sulfonamides is 1. The van der Waals surface area contributed by atoms with Crippen LogP contribution in [0.5, 0.6) is 17.2 Å². The number of hydrogen-bond donors (Lipinski definition) is 0. The summed E-state index contributed by atoms with van der Waals surface area (Å²) in [7, 11) is -3.47. The van der Waals surface area contributed by atoms with E-state index in [1.807, 2.05) is 6.07 Å². The van der Waals surface area contributed by atoms with Crippen molar-refractivity contribution in [1.29, 1.82) is 0 Å². The zero-order chi connectivity index (χ0) is 21.4. The van der Waals surface area contributed by atoms with Crippen LogP contribution in [0, 0.1) is 0 Å². The smallest absolute Gasteiger partial charge is 0.235 e. The standard InChI is InChI=1S/C22H22N2O5S/c1-2-30(26,27)24(17-18-4-3-13-23-16-18)19-5-7-21(8-6-19)29-22-11-9-20(10-12-22)28-15-14-25/h3-14,16H,2,15,17H2,1H3. The van der Waals surface area contributed by atoms with Crippen molar-refractivity contribution < 1.29 is 22.7 Å². The Labute approximate surface area is 175 Å². The number of aromatic nitrogens is 1. The zero-order valence-corrected chi connectivity index (χ0v) is 17.3. The van der Waals surface area contributed by atoms with Gasteiger partial charge in [0.05, 0.1) is 18.0 Å². The van der Waals surface area contributed by atoms with Crippen LogP contribution in [-0.2, 0) is 21.4 Å². The molecule has 0 amide bonds. The molecule has 0 aliphatic carbocycles. The third-order valence-corrected chi connectivity index (χ3v) is 5.99. The fourth-order valence-electron chi connectivity index (χ4n) is 2.71. The molecule has 0 bridgehead atoms. The van der Waals surface area contributed by atoms with E-state index in [4.69, 9.17) is 9.47 Å². The predicted molar refractivity (Wildman–Crippen MR) is 114 cm³/mol. The number of carbonyl (C=O) groups excluding carboxylic acids is 1. The molecular weight excluding hydrogens is 404 g/mol. The lowest BCUT2D eigenvalue weighted by Crippen LogP contribution is -2.31. The van der Waals surface area contributed by atoms with Crippen molar-refractivity contribution in [1.82, 2.24) is 4.98 Å². The van der Waals surface area contributed by atoms with Crippen LogP contribution < -0.4 is 13.8 Å². The van der Waals surface area contributed by atoms with E-state index in [2.05, 4.69) is 4.98 Å². The van der Waals surface area contributed by atoms with E-state index in [9.17, 15) is 13.2 Å². The third kappa shape index (κ3) is 5.57. The van der Waals surface area contributed by atoms with Crippen molar-refractivity contribution in [3.8, 4) is 17.2 Å². The van der Waals surface area contributed by atoms with Gasteiger partial charge >= 0.3 is 0 Å². The predicted octanol–water partition coefficient (Wildman–Crippen LogP) is 3.81. The summed E-state index contributed by atoms with van der Waals surface area (Å²) < 4.78 is 37.6. The van der Waals surface area contributed by atoms with E-state index in [0.717, 1.165) is 5.56 Å². The van der Waals surface area contributed by atoms with Crippen molar-refractivity contribution in [3.05, 3.63) is 78.6 Å². The summed E-state index contributed by atoms with van der Waals surface area (Å²) in [5, 5.41) is 0. The number of ether oxygens (including phenoxy) is 2. The summed E-state index contributed by atoms with van der Waals surface area (Å²) >= 11 is 0. The van der Waals surface area contributed by atoms with E-state index in [0.29, 0.717) is 29.2 Å². The van der Waals surface area contributed by atoms with E-state index in [1.165, 1.54) is 4.31 Å². The van der Waals surface area contributed by atoms with Gasteiger partial charge in [-0.15, -0.1) is 0 Å². The number of carbonyl (C=O) groups is 1. The van der Waals surface area contributed by atoms with Crippen LogP contribution in [0.3, 0.4) is 0 Å². The highest BCUT2D eigenvalue weighted by molar-refractivity contribution is 7.92. The van der Waals surface area contributed by atoms with Crippen LogP contribution in [0.4, 0.5) is 5.69 Å². The Morgan fingerprint density at radius 1 is 0.967 bits per heavy atom. The van der Waals surface area contributed by atoms with Gasteiger partial charge in [-0.3, -0.25) is 14.1 Å². The maximum Gasteiger partial charge on any atom is 0.235 e. The van der Waals surface area contributed by atoms with Gasteiger partial charge in [-0.1, -0.05) is 6.07 Å². The molecule has 0 aliphatic heterocycles. The number of hydrogen-bond acceptors (Lipinski definition) is 6. The largest absolute Gasteiger partial charge is 0.486 e. The molecule has 2 aromatic carbocycles. The van der Waals surface area contributed by atoms with Gasteiger partial charge < -0.3 is 9.47 Å². The van der Waals surface area contributed by atoms with E-state index >= 15 is 0 Å². The van der Waals surface area contributed by atoms with Crippen molar-refractivity contribution in [2.45, 2.75) is 13.5 Å². The Bertz CT molecular complexity index is 1050. The molecule has 156 valence electrons. The van der Waals surface area contributed by atoms with Gasteiger partial charge in [0.15, 0.2) is 6.29 Å². The molecule has 0 saturated heterocycles. The first-order chi connectivity index (χ1) is 14.5. The Morgan fingerprint density at radius 2 is 1.60 bits per heavy atom. The molecule has 0 radical (unpaired) electrons. The monoisotopic (exact) mass is 426 g/mol. The van der Waals surface area contributed by atoms with E-state index in [-0.39, 0.29) is 18.9 Å². The fourth-order valence-corrected chi connectivity index (χ4v) is 3.81. The molecule has 30 heavy (non-hydrogen) atoms. The van der Waals surface area contributed by atoms with Crippen LogP contribution in [0.1, 0.15) is 12.5 Å². The van der Waals surface area contributed by atoms with Crippen LogP contribution in [-0.4, -0.2) is 32.0 Å². The number of aldehydes is 1. The first kappa shape index (κ1) is 21.3. The molecule has 0 atom stereocenters. The summed E-state index contributed by atoms with van der Waals surface area (Å²) in [5.41, 5.74) is 1.34. The molecule has 0 fully saturated rings. The number of anilines is 1. The van der Waals surface area contributed by atoms with Crippen LogP contribution in [0.15, 0.2) is 73.1 Å². The van der Waals surface area contributed by atoms with Gasteiger partial charge in [-0.2, -0.15) is 0 Å². The van der Waals surface area contributed by atoms with Gasteiger partial charge in [-0.05, 0) is 67.1 Å². The van der Waals surface area contributed by atoms with Crippen LogP contribution >= 0.6 is 0 Å². The van der Waals surface area contributed by atoms with Gasteiger partial charge in [0.1, 0.15) is 23.9 Å². The zero-order valence-electron chi connectivity index (χ0n) is 16.5. The maximum atomic E-state index is 12.6. The number of pyridine rings is 1. The Balaban J connectivity index is 1.75. The number of nitrogens with zero attached hydrogens (tertiary/aromatic N) is 2. The minimum absolute atomic E-state index is 0.00211. The Kier molecular flexibility index (Phi) is 7.03. The minimum Gasteiger partial charge on any atom is -0.486 e. The number of benzene rings is 2. The lowest BCUT2D eigenvalue weighted by Gasteiger charge is -2.24. The SMILES string of the molecule is CCS(=O)(=O)N(Cc1cccnc1)c1ccc(Oc2ccc(OCC=O)cc2)cc1. The Hall–Kier alpha value is -3.39. The normalized spacial score (nSPS) is 11.0. The van der Waals surface area contributed by atoms with E-state index in [1.54, 1.807) is 73.9 Å². The summed E-state index contributed by atoms with van der Waals surface area (Å²) in [6.45, 7) is 1.82. The highest BCUT2D eigenvalue weighted by atomic mass is 32.2. The van der Waals surface area contributed by atoms with Gasteiger partial charge in [0.25, 0.3) is 0 Å². The van der Waals surface area contributed by atoms with E-state index < -0.39 is 10.0 Å². The summed E-state index contributed by atoms with van der Waals surface area (Å²) in [6, 6.07) is 17.3. The molecule has 1 aromatic heterocycles. The molecule has 0 saturated carbocycles. The fraction of sp³-hybridized carbons (Fsp3) is 0.182. The first-order valence-electron chi connectivity index (χ1n) is 9.35. The Morgan fingerprint density at radius 3 is 2.17 bits per heavy atom. The summed E-state index contributed by atoms with van der Waals surface area (Å²) in [5.74, 6) is 1.72. The molecule has 7 nitrogen and oxygen atoms in total. The molecule has 3 rings (SSSR count). The summed E-state index contributed by atoms with van der Waals surface area (Å²) in [4.78, 5) is 14.4. The second-order valence-electron chi connectivity index (χ2n) is 6.31. The van der Waals surface area contributed by atoms with Crippen molar-refractivity contribution in [3.63, 3.8) is 0 Å². The molecule has 1 heterocycles. The van der Waals surface area contributed by atoms with Crippen molar-refractivity contribution in [2.75, 3.05) is 16.7 Å². The molecular formula is C22H22N2O5S. The van der Waals surface area contributed by atoms with Crippen LogP contribution in [0.2, 0.25) is 0 Å². The highest BCUT2D eigenvalue weighted by Crippen LogP contribution is 2.28. The highest BCUT2D eigenvalue weighted by Gasteiger charge is 2.21. The second kappa shape index (κ2) is 9.89.